The average molecular weight is 1090 g/mol. The summed E-state index contributed by atoms with van der Waals surface area (Å²) in [5.41, 5.74) is -26.7. The number of hydrogen-bond donors (Lipinski definition) is 0. The Morgan fingerprint density at radius 1 is 0.329 bits per heavy atom. The topological polar surface area (TPSA) is 3.88 Å². The van der Waals surface area contributed by atoms with Gasteiger partial charge in [0.05, 0.1) is 49.9 Å². The van der Waals surface area contributed by atoms with Crippen LogP contribution in [-0.2, 0) is 56.0 Å². The molecule has 0 fully saturated rings. The highest BCUT2D eigenvalue weighted by molar-refractivity contribution is 7.20. The molecule has 7 aromatic rings. The van der Waals surface area contributed by atoms with Gasteiger partial charge in [0.15, 0.2) is 12.7 Å². The van der Waals surface area contributed by atoms with E-state index in [9.17, 15) is 105 Å². The highest BCUT2D eigenvalue weighted by Gasteiger charge is 2.47. The molecule has 73 heavy (non-hydrogen) atoms. The molecule has 0 spiro atoms. The van der Waals surface area contributed by atoms with Gasteiger partial charge in [0.2, 0.25) is 5.51 Å². The van der Waals surface area contributed by atoms with Crippen molar-refractivity contribution < 1.29 is 110 Å². The van der Waals surface area contributed by atoms with E-state index in [1.54, 1.807) is 11.3 Å². The van der Waals surface area contributed by atoms with E-state index in [2.05, 4.69) is 64.1 Å². The van der Waals surface area contributed by atoms with Crippen LogP contribution >= 0.6 is 11.3 Å². The molecule has 6 aromatic carbocycles. The fourth-order valence-corrected chi connectivity index (χ4v) is 8.57. The highest BCUT2D eigenvalue weighted by atomic mass is 32.1. The Bertz CT molecular complexity index is 2660. The molecule has 0 aliphatic heterocycles. The zero-order valence-corrected chi connectivity index (χ0v) is 36.2. The second kappa shape index (κ2) is 19.1. The maximum absolute atomic E-state index is 14.2. The van der Waals surface area contributed by atoms with Crippen LogP contribution in [0.15, 0.2) is 132 Å². The summed E-state index contributed by atoms with van der Waals surface area (Å²) in [5.74, 6) is 0. The first-order valence-electron chi connectivity index (χ1n) is 19.9. The summed E-state index contributed by atoms with van der Waals surface area (Å²) in [6.45, 7) is 0.953. The number of nitrogens with zero attached hydrogens (tertiary/aromatic N) is 1. The van der Waals surface area contributed by atoms with E-state index in [1.807, 2.05) is 0 Å². The Morgan fingerprint density at radius 2 is 0.603 bits per heavy atom. The smallest absolute Gasteiger partial charge is 0.194 e. The fraction of sp³-hybridized carbons (Fsp3) is 0.196. The second-order valence-corrected chi connectivity index (χ2v) is 16.9. The van der Waals surface area contributed by atoms with Crippen LogP contribution in [0.4, 0.5) is 105 Å². The van der Waals surface area contributed by atoms with Gasteiger partial charge in [-0.1, -0.05) is 96.3 Å². The van der Waals surface area contributed by atoms with Crippen molar-refractivity contribution in [1.82, 2.24) is 0 Å². The molecule has 0 aliphatic rings. The van der Waals surface area contributed by atoms with E-state index in [0.29, 0.717) is 0 Å². The number of fused-ring (bicyclic) bond motifs is 1. The molecule has 1 aromatic heterocycles. The quantitative estimate of drug-likeness (QED) is 0.0888. The Kier molecular flexibility index (Phi) is 14.7. The van der Waals surface area contributed by atoms with Gasteiger partial charge in [0.1, 0.15) is 6.15 Å². The van der Waals surface area contributed by atoms with Gasteiger partial charge >= 0.3 is 49.4 Å². The summed E-state index contributed by atoms with van der Waals surface area (Å²) in [6.07, 6.45) is -52.7. The third kappa shape index (κ3) is 12.7. The first-order valence-corrected chi connectivity index (χ1v) is 20.9. The molecule has 0 unspecified atom stereocenters. The zero-order chi connectivity index (χ0) is 54.7. The molecule has 7 rings (SSSR count). The Balaban J connectivity index is 0.000000453. The number of aromatic nitrogens is 1. The lowest BCUT2D eigenvalue weighted by Gasteiger charge is -2.46. The summed E-state index contributed by atoms with van der Waals surface area (Å²) in [6, 6.07) is 6.33. The predicted octanol–water partition coefficient (Wildman–Crippen LogP) is 14.5. The number of thiazole rings is 1. The molecule has 1 heterocycles. The van der Waals surface area contributed by atoms with Crippen molar-refractivity contribution in [2.45, 2.75) is 56.0 Å². The molecule has 1 nitrogen and oxygen atoms in total. The number of rotatable bonds is 6. The van der Waals surface area contributed by atoms with Crippen LogP contribution in [-0.4, -0.2) is 6.15 Å². The van der Waals surface area contributed by atoms with E-state index in [4.69, 9.17) is 0 Å². The van der Waals surface area contributed by atoms with Crippen LogP contribution in [0.25, 0.3) is 10.8 Å². The summed E-state index contributed by atoms with van der Waals surface area (Å²) < 4.78 is 343. The lowest BCUT2D eigenvalue weighted by Crippen LogP contribution is -2.75. The predicted molar refractivity (Wildman–Crippen MR) is 218 cm³/mol. The molecule has 0 amide bonds. The number of halogens is 24. The van der Waals surface area contributed by atoms with Gasteiger partial charge < -0.3 is 0 Å². The lowest BCUT2D eigenvalue weighted by atomic mass is 9.12. The molecular weight excluding hydrogens is 1070 g/mol. The first kappa shape index (κ1) is 55.9. The third-order valence-corrected chi connectivity index (χ3v) is 11.8. The van der Waals surface area contributed by atoms with E-state index >= 15 is 0 Å². The molecule has 0 saturated carbocycles. The summed E-state index contributed by atoms with van der Waals surface area (Å²) in [5, 5.41) is 4.72. The van der Waals surface area contributed by atoms with Gasteiger partial charge in [-0.3, -0.25) is 0 Å². The maximum atomic E-state index is 14.2. The van der Waals surface area contributed by atoms with Crippen molar-refractivity contribution in [1.29, 1.82) is 0 Å². The Labute approximate surface area is 397 Å². The van der Waals surface area contributed by atoms with Gasteiger partial charge in [-0.15, -0.1) is 0 Å². The van der Waals surface area contributed by atoms with Crippen molar-refractivity contribution in [3.63, 3.8) is 0 Å². The van der Waals surface area contributed by atoms with Crippen molar-refractivity contribution >= 4 is 50.1 Å². The monoisotopic (exact) mass is 1090 g/mol. The van der Waals surface area contributed by atoms with Crippen LogP contribution in [0, 0.1) is 0 Å². The van der Waals surface area contributed by atoms with Gasteiger partial charge in [0, 0.05) is 5.56 Å². The minimum absolute atomic E-state index is 0.691. The third-order valence-electron chi connectivity index (χ3n) is 11.1. The van der Waals surface area contributed by atoms with Crippen LogP contribution in [0.2, 0.25) is 0 Å². The maximum Gasteiger partial charge on any atom is 0.416 e. The Hall–Kier alpha value is -6.41. The van der Waals surface area contributed by atoms with Gasteiger partial charge in [-0.2, -0.15) is 132 Å². The van der Waals surface area contributed by atoms with Gasteiger partial charge in [0.25, 0.3) is 0 Å². The van der Waals surface area contributed by atoms with E-state index in [-0.39, 0.29) is 0 Å². The second-order valence-electron chi connectivity index (χ2n) is 16.1. The highest BCUT2D eigenvalue weighted by Crippen LogP contribution is 2.41. The molecule has 0 radical (unpaired) electrons. The number of hydrogen-bond acceptors (Lipinski definition) is 1. The minimum atomic E-state index is -6.13. The van der Waals surface area contributed by atoms with Crippen molar-refractivity contribution in [2.75, 3.05) is 0 Å². The van der Waals surface area contributed by atoms with Crippen LogP contribution < -0.4 is 26.4 Å². The first-order chi connectivity index (χ1) is 33.2. The molecule has 0 atom stereocenters. The SMILES string of the molecule is FC(F)(F)c1cc([B-](c2cc(C(F)(F)F)cc(C(F)(F)F)c2)(c2cc(C(F)(F)F)cc(C(F)(F)F)c2)c2cc(C(F)(F)F)cc(C(F)(F)F)c2)cc(C(F)(F)F)c1.c1ccc2cc(C[n+]3ccsc3)ccc2c1. The summed E-state index contributed by atoms with van der Waals surface area (Å²) >= 11 is 1.73. The fourth-order valence-electron chi connectivity index (χ4n) is 7.97. The van der Waals surface area contributed by atoms with Crippen molar-refractivity contribution in [3.8, 4) is 0 Å². The average Bonchev–Trinajstić information content (AvgIpc) is 3.77. The van der Waals surface area contributed by atoms with Gasteiger partial charge in [-0.05, 0) is 41.1 Å². The van der Waals surface area contributed by atoms with Crippen LogP contribution in [0.3, 0.4) is 0 Å². The van der Waals surface area contributed by atoms with Crippen LogP contribution in [0.5, 0.6) is 0 Å². The number of benzene rings is 6. The molecule has 0 aliphatic carbocycles. The van der Waals surface area contributed by atoms with E-state index in [1.165, 1.54) is 16.3 Å². The Morgan fingerprint density at radius 3 is 0.849 bits per heavy atom. The van der Waals surface area contributed by atoms with Crippen LogP contribution in [0.1, 0.15) is 50.1 Å². The molecule has 0 N–H and O–H groups in total. The molecule has 27 heteroatoms. The summed E-state index contributed by atoms with van der Waals surface area (Å²) in [4.78, 5) is 0. The molecule has 390 valence electrons. The van der Waals surface area contributed by atoms with E-state index in [0.717, 1.165) is 6.54 Å². The molecular formula is C46H24BF24NS. The molecule has 0 bridgehead atoms. The molecule has 0 saturated heterocycles. The largest absolute Gasteiger partial charge is 0.416 e. The van der Waals surface area contributed by atoms with E-state index < -0.39 is 195 Å². The standard InChI is InChI=1S/C32H12BF24.C14H12NS/c34-25(35,36)13-1-14(26(37,38)39)6-21(5-13)33(22-7-15(27(40,41)42)2-16(8-22)28(43,44)45,23-9-17(29(46,47)48)3-18(10-23)30(49,50)51)24-11-19(31(52,53)54)4-20(12-24)32(55,56)57;1-2-4-14-9-12(5-6-13(14)3-1)10-15-7-8-16-11-15/h1-12H;1-9,11H,10H2/q-1;+1. The van der Waals surface area contributed by atoms with Gasteiger partial charge in [-0.25, -0.2) is 0 Å². The number of alkyl halides is 24. The lowest BCUT2D eigenvalue weighted by molar-refractivity contribution is -0.683. The zero-order valence-electron chi connectivity index (χ0n) is 35.4. The van der Waals surface area contributed by atoms with Crippen molar-refractivity contribution in [2.24, 2.45) is 0 Å². The van der Waals surface area contributed by atoms with Crippen molar-refractivity contribution in [3.05, 3.63) is 182 Å². The normalized spacial score (nSPS) is 13.5. The summed E-state index contributed by atoms with van der Waals surface area (Å²) in [7, 11) is 0. The minimum Gasteiger partial charge on any atom is -0.194 e.